The Morgan fingerprint density at radius 1 is 0.750 bits per heavy atom. The molecule has 0 saturated carbocycles. The Morgan fingerprint density at radius 3 is 0.750 bits per heavy atom. The van der Waals surface area contributed by atoms with Gasteiger partial charge in [0.1, 0.15) is 0 Å². The Labute approximate surface area is 54.7 Å². The van der Waals surface area contributed by atoms with Gasteiger partial charge in [0.15, 0.2) is 0 Å². The Hall–Kier alpha value is 1.52. The summed E-state index contributed by atoms with van der Waals surface area (Å²) in [5.41, 5.74) is 0. The van der Waals surface area contributed by atoms with Gasteiger partial charge in [-0.3, -0.25) is 0 Å². The fraction of sp³-hybridized carbons (Fsp3) is 0. The summed E-state index contributed by atoms with van der Waals surface area (Å²) in [7, 11) is 3.78. The van der Waals surface area contributed by atoms with E-state index in [2.05, 4.69) is 0 Å². The van der Waals surface area contributed by atoms with Crippen molar-refractivity contribution in [2.75, 3.05) is 0 Å². The normalized spacial score (nSPS) is 1.50. The maximum Gasteiger partial charge on any atom is -0.00934 e. The molecular formula is H10Ge2Si2. The van der Waals surface area contributed by atoms with Crippen molar-refractivity contribution < 1.29 is 0 Å². The zero-order valence-electron chi connectivity index (χ0n) is 3.41. The van der Waals surface area contributed by atoms with Gasteiger partial charge < -0.3 is 0 Å². The quantitative estimate of drug-likeness (QED) is 0.357. The smallest absolute Gasteiger partial charge is 0.00934 e. The molecule has 0 unspecified atom stereocenters. The molecule has 0 amide bonds. The van der Waals surface area contributed by atoms with E-state index >= 15 is 0 Å². The number of rotatable bonds is 0. The molecule has 0 fully saturated rings. The van der Waals surface area contributed by atoms with E-state index in [4.69, 9.17) is 0 Å². The van der Waals surface area contributed by atoms with Gasteiger partial charge in [-0.05, 0) is 19.5 Å². The van der Waals surface area contributed by atoms with Crippen molar-refractivity contribution in [2.45, 2.75) is 0 Å². The minimum absolute atomic E-state index is 0. The summed E-state index contributed by atoms with van der Waals surface area (Å²) >= 11 is 0. The SMILES string of the molecule is [GeH3].[GeH3].[SiH2][SiH2]. The van der Waals surface area contributed by atoms with Gasteiger partial charge in [-0.2, -0.15) is 0 Å². The van der Waals surface area contributed by atoms with E-state index in [9.17, 15) is 0 Å². The summed E-state index contributed by atoms with van der Waals surface area (Å²) in [5.74, 6) is 0. The first-order valence-corrected chi connectivity index (χ1v) is 4.50. The van der Waals surface area contributed by atoms with Gasteiger partial charge in [0.25, 0.3) is 0 Å². The first-order valence-electron chi connectivity index (χ1n) is 0.500. The second kappa shape index (κ2) is 24.2. The molecule has 0 aliphatic rings. The van der Waals surface area contributed by atoms with Crippen LogP contribution in [0.2, 0.25) is 0 Å². The van der Waals surface area contributed by atoms with Crippen molar-refractivity contribution in [1.82, 2.24) is 0 Å². The summed E-state index contributed by atoms with van der Waals surface area (Å²) in [5, 5.41) is 0. The molecule has 4 heteroatoms. The maximum absolute atomic E-state index is 1.89. The summed E-state index contributed by atoms with van der Waals surface area (Å²) in [4.78, 5) is 0. The third-order valence-electron chi connectivity index (χ3n) is 0. The predicted molar refractivity (Wildman–Crippen MR) is 37.0 cm³/mol. The molecule has 0 rings (SSSR count). The van der Waals surface area contributed by atoms with Gasteiger partial charge in [0, 0.05) is 0 Å². The summed E-state index contributed by atoms with van der Waals surface area (Å²) in [6.07, 6.45) is 0. The molecule has 0 atom stereocenters. The van der Waals surface area contributed by atoms with E-state index < -0.39 is 0 Å². The number of hydrogen-bond acceptors (Lipinski definition) is 0. The molecule has 0 aromatic heterocycles. The van der Waals surface area contributed by atoms with E-state index in [-0.39, 0.29) is 35.2 Å². The Balaban J connectivity index is -0.00000000500. The topological polar surface area (TPSA) is 0 Å². The molecule has 0 aliphatic heterocycles. The van der Waals surface area contributed by atoms with Crippen LogP contribution in [0.5, 0.6) is 0 Å². The molecule has 0 nitrogen and oxygen atoms in total. The fourth-order valence-corrected chi connectivity index (χ4v) is 0. The van der Waals surface area contributed by atoms with E-state index in [1.807, 2.05) is 19.5 Å². The van der Waals surface area contributed by atoms with E-state index in [0.29, 0.717) is 0 Å². The molecule has 0 N–H and O–H groups in total. The fourth-order valence-electron chi connectivity index (χ4n) is 0. The van der Waals surface area contributed by atoms with Gasteiger partial charge >= 0.3 is 35.2 Å². The standard InChI is InChI=1S/2GeH3.H4Si2/c;;1-2/h2*1H3;1-2H2. The molecule has 4 radical (unpaired) electrons. The van der Waals surface area contributed by atoms with Gasteiger partial charge in [-0.25, -0.2) is 0 Å². The van der Waals surface area contributed by atoms with Crippen LogP contribution in [0.3, 0.4) is 0 Å². The maximum atomic E-state index is 1.89. The molecule has 0 bridgehead atoms. The molecular weight excluding hydrogens is 201 g/mol. The van der Waals surface area contributed by atoms with Crippen LogP contribution in [0, 0.1) is 0 Å². The van der Waals surface area contributed by atoms with Crippen LogP contribution in [-0.4, -0.2) is 54.7 Å². The zero-order chi connectivity index (χ0) is 2.00. The van der Waals surface area contributed by atoms with E-state index in [1.165, 1.54) is 0 Å². The Kier molecular flexibility index (Phi) is 108. The second-order valence-corrected chi connectivity index (χ2v) is 0. The summed E-state index contributed by atoms with van der Waals surface area (Å²) in [6, 6.07) is 0. The number of hydrogen-bond donors (Lipinski definition) is 0. The van der Waals surface area contributed by atoms with Gasteiger partial charge in [0.2, 0.25) is 0 Å². The zero-order valence-corrected chi connectivity index (χ0v) is 14.6. The van der Waals surface area contributed by atoms with Crippen molar-refractivity contribution in [2.24, 2.45) is 0 Å². The van der Waals surface area contributed by atoms with Crippen LogP contribution in [0.1, 0.15) is 0 Å². The van der Waals surface area contributed by atoms with Gasteiger partial charge in [0.05, 0.1) is 0 Å². The molecule has 0 aromatic rings. The third-order valence-corrected chi connectivity index (χ3v) is 0. The van der Waals surface area contributed by atoms with Gasteiger partial charge in [-0.15, -0.1) is 0 Å². The van der Waals surface area contributed by atoms with Crippen molar-refractivity contribution in [1.29, 1.82) is 0 Å². The average Bonchev–Trinajstić information content (AvgIpc) is 1.00. The first kappa shape index (κ1) is 17.8. The molecule has 0 saturated heterocycles. The molecule has 4 heavy (non-hydrogen) atoms. The third kappa shape index (κ3) is 9.68. The summed E-state index contributed by atoms with van der Waals surface area (Å²) in [6.45, 7) is 0. The molecule has 0 aromatic carbocycles. The minimum atomic E-state index is 0. The largest absolute Gasteiger partial charge is 0.00934 e. The minimum Gasteiger partial charge on any atom is -0.00934 e. The van der Waals surface area contributed by atoms with Crippen LogP contribution >= 0.6 is 0 Å². The second-order valence-electron chi connectivity index (χ2n) is 0. The van der Waals surface area contributed by atoms with Crippen LogP contribution in [0.15, 0.2) is 0 Å². The Morgan fingerprint density at radius 2 is 0.750 bits per heavy atom. The van der Waals surface area contributed by atoms with Crippen molar-refractivity contribution in [3.63, 3.8) is 0 Å². The van der Waals surface area contributed by atoms with Gasteiger partial charge in [-0.1, -0.05) is 0 Å². The Bertz CT molecular complexity index is 4.00. The molecule has 26 valence electrons. The summed E-state index contributed by atoms with van der Waals surface area (Å²) < 4.78 is 0. The van der Waals surface area contributed by atoms with E-state index in [0.717, 1.165) is 0 Å². The van der Waals surface area contributed by atoms with Crippen molar-refractivity contribution in [3.8, 4) is 0 Å². The van der Waals surface area contributed by atoms with Crippen molar-refractivity contribution in [3.05, 3.63) is 0 Å². The first-order chi connectivity index (χ1) is 1.00. The van der Waals surface area contributed by atoms with Crippen LogP contribution in [-0.2, 0) is 0 Å². The van der Waals surface area contributed by atoms with Crippen LogP contribution in [0.25, 0.3) is 0 Å². The average molecular weight is 211 g/mol. The van der Waals surface area contributed by atoms with Crippen LogP contribution < -0.4 is 0 Å². The molecule has 0 aliphatic carbocycles. The molecule has 0 spiro atoms. The molecule has 0 heterocycles. The van der Waals surface area contributed by atoms with E-state index in [1.54, 1.807) is 0 Å². The predicted octanol–water partition coefficient (Wildman–Crippen LogP) is -4.20. The monoisotopic (exact) mass is 214 g/mol. The van der Waals surface area contributed by atoms with Crippen molar-refractivity contribution >= 4 is 54.7 Å². The van der Waals surface area contributed by atoms with Crippen LogP contribution in [0.4, 0.5) is 0 Å².